The zero-order valence-corrected chi connectivity index (χ0v) is 15.6. The number of hydrogen-bond donors (Lipinski definition) is 1. The van der Waals surface area contributed by atoms with Crippen molar-refractivity contribution in [3.63, 3.8) is 0 Å². The van der Waals surface area contributed by atoms with E-state index in [-0.39, 0.29) is 4.90 Å². The number of sulfonamides is 1. The summed E-state index contributed by atoms with van der Waals surface area (Å²) in [7, 11) is -3.86. The molecule has 0 unspecified atom stereocenters. The van der Waals surface area contributed by atoms with E-state index in [2.05, 4.69) is 5.10 Å². The average Bonchev–Trinajstić information content (AvgIpc) is 3.06. The van der Waals surface area contributed by atoms with Gasteiger partial charge in [-0.2, -0.15) is 18.3 Å². The summed E-state index contributed by atoms with van der Waals surface area (Å²) in [4.78, 5) is -0.0571. The third kappa shape index (κ3) is 3.62. The Bertz CT molecular complexity index is 1300. The van der Waals surface area contributed by atoms with Crippen LogP contribution in [0, 0.1) is 0 Å². The lowest BCUT2D eigenvalue weighted by molar-refractivity contribution is -0.137. The molecule has 29 heavy (non-hydrogen) atoms. The summed E-state index contributed by atoms with van der Waals surface area (Å²) in [6.07, 6.45) is -3.56. The SMILES string of the molecule is NS(=O)(=O)c1ccc(-c2c(-c3ccccc3)nn3cc(C(F)(F)F)ccc23)cc1. The molecule has 0 amide bonds. The van der Waals surface area contributed by atoms with Crippen LogP contribution in [0.1, 0.15) is 5.56 Å². The predicted octanol–water partition coefficient (Wildman–Crippen LogP) is 4.33. The summed E-state index contributed by atoms with van der Waals surface area (Å²) in [6.45, 7) is 0. The van der Waals surface area contributed by atoms with Crippen LogP contribution in [-0.2, 0) is 16.2 Å². The first kappa shape index (κ1) is 19.2. The van der Waals surface area contributed by atoms with Crippen molar-refractivity contribution in [2.45, 2.75) is 11.1 Å². The summed E-state index contributed by atoms with van der Waals surface area (Å²) in [5.74, 6) is 0. The van der Waals surface area contributed by atoms with E-state index in [0.29, 0.717) is 22.3 Å². The predicted molar refractivity (Wildman–Crippen MR) is 102 cm³/mol. The highest BCUT2D eigenvalue weighted by molar-refractivity contribution is 7.89. The second-order valence-electron chi connectivity index (χ2n) is 6.40. The number of nitrogens with two attached hydrogens (primary N) is 1. The van der Waals surface area contributed by atoms with Gasteiger partial charge in [-0.25, -0.2) is 18.1 Å². The van der Waals surface area contributed by atoms with E-state index in [1.165, 1.54) is 22.7 Å². The summed E-state index contributed by atoms with van der Waals surface area (Å²) < 4.78 is 63.6. The molecule has 0 spiro atoms. The van der Waals surface area contributed by atoms with Crippen LogP contribution in [-0.4, -0.2) is 18.0 Å². The first-order valence-corrected chi connectivity index (χ1v) is 9.97. The van der Waals surface area contributed by atoms with Crippen molar-refractivity contribution in [3.8, 4) is 22.4 Å². The zero-order chi connectivity index (χ0) is 20.8. The molecule has 0 atom stereocenters. The van der Waals surface area contributed by atoms with Gasteiger partial charge in [0.25, 0.3) is 0 Å². The summed E-state index contributed by atoms with van der Waals surface area (Å²) in [6, 6.07) is 17.2. The van der Waals surface area contributed by atoms with Crippen molar-refractivity contribution in [2.24, 2.45) is 5.14 Å². The Morgan fingerprint density at radius 2 is 1.52 bits per heavy atom. The van der Waals surface area contributed by atoms with Crippen LogP contribution in [0.15, 0.2) is 77.8 Å². The monoisotopic (exact) mass is 417 g/mol. The van der Waals surface area contributed by atoms with Gasteiger partial charge in [0.15, 0.2) is 0 Å². The van der Waals surface area contributed by atoms with Gasteiger partial charge in [-0.1, -0.05) is 42.5 Å². The van der Waals surface area contributed by atoms with E-state index in [9.17, 15) is 21.6 Å². The Morgan fingerprint density at radius 1 is 0.862 bits per heavy atom. The maximum atomic E-state index is 13.1. The first-order chi connectivity index (χ1) is 13.6. The minimum atomic E-state index is -4.50. The molecule has 2 aromatic carbocycles. The number of fused-ring (bicyclic) bond motifs is 1. The van der Waals surface area contributed by atoms with Crippen LogP contribution in [0.4, 0.5) is 13.2 Å². The number of hydrogen-bond acceptors (Lipinski definition) is 3. The Labute approximate surface area is 164 Å². The van der Waals surface area contributed by atoms with Gasteiger partial charge in [0.1, 0.15) is 5.69 Å². The molecular formula is C20H14F3N3O2S. The lowest BCUT2D eigenvalue weighted by atomic mass is 10.00. The quantitative estimate of drug-likeness (QED) is 0.539. The van der Waals surface area contributed by atoms with Gasteiger partial charge < -0.3 is 0 Å². The molecule has 4 aromatic rings. The van der Waals surface area contributed by atoms with Crippen molar-refractivity contribution < 1.29 is 21.6 Å². The number of alkyl halides is 3. The standard InChI is InChI=1S/C20H14F3N3O2S/c21-20(22,23)15-8-11-17-18(13-6-9-16(10-7-13)29(24,27)28)19(25-26(17)12-15)14-4-2-1-3-5-14/h1-12H,(H2,24,27,28). The molecule has 2 heterocycles. The number of halogens is 3. The average molecular weight is 417 g/mol. The number of pyridine rings is 1. The zero-order valence-electron chi connectivity index (χ0n) is 14.8. The molecule has 148 valence electrons. The summed E-state index contributed by atoms with van der Waals surface area (Å²) in [5.41, 5.74) is 2.03. The second kappa shape index (κ2) is 6.71. The van der Waals surface area contributed by atoms with Gasteiger partial charge in [0.2, 0.25) is 10.0 Å². The molecule has 2 N–H and O–H groups in total. The van der Waals surface area contributed by atoms with Gasteiger partial charge in [0, 0.05) is 17.3 Å². The van der Waals surface area contributed by atoms with Crippen molar-refractivity contribution in [2.75, 3.05) is 0 Å². The lowest BCUT2D eigenvalue weighted by Gasteiger charge is -2.07. The minimum Gasteiger partial charge on any atom is -0.239 e. The van der Waals surface area contributed by atoms with E-state index in [0.717, 1.165) is 17.8 Å². The Morgan fingerprint density at radius 3 is 2.10 bits per heavy atom. The molecule has 5 nitrogen and oxygen atoms in total. The molecule has 2 aromatic heterocycles. The molecule has 0 saturated carbocycles. The number of primary sulfonamides is 1. The molecule has 0 radical (unpaired) electrons. The summed E-state index contributed by atoms with van der Waals surface area (Å²) in [5, 5.41) is 9.52. The molecule has 0 bridgehead atoms. The molecule has 4 rings (SSSR count). The molecule has 0 aliphatic heterocycles. The molecular weight excluding hydrogens is 403 g/mol. The van der Waals surface area contributed by atoms with E-state index in [4.69, 9.17) is 5.14 Å². The van der Waals surface area contributed by atoms with Crippen LogP contribution in [0.25, 0.3) is 27.9 Å². The lowest BCUT2D eigenvalue weighted by Crippen LogP contribution is -2.11. The molecule has 0 saturated heterocycles. The fourth-order valence-electron chi connectivity index (χ4n) is 3.11. The van der Waals surface area contributed by atoms with E-state index < -0.39 is 21.8 Å². The van der Waals surface area contributed by atoms with Gasteiger partial charge >= 0.3 is 6.18 Å². The highest BCUT2D eigenvalue weighted by atomic mass is 32.2. The van der Waals surface area contributed by atoms with Gasteiger partial charge in [0.05, 0.1) is 16.0 Å². The largest absolute Gasteiger partial charge is 0.417 e. The Balaban J connectivity index is 1.98. The first-order valence-electron chi connectivity index (χ1n) is 8.43. The Kier molecular flexibility index (Phi) is 4.44. The Hall–Kier alpha value is -3.17. The van der Waals surface area contributed by atoms with Gasteiger partial charge in [-0.05, 0) is 29.8 Å². The van der Waals surface area contributed by atoms with E-state index in [1.54, 1.807) is 36.4 Å². The van der Waals surface area contributed by atoms with Crippen LogP contribution < -0.4 is 5.14 Å². The second-order valence-corrected chi connectivity index (χ2v) is 7.97. The molecule has 0 aliphatic rings. The van der Waals surface area contributed by atoms with E-state index >= 15 is 0 Å². The maximum absolute atomic E-state index is 13.1. The van der Waals surface area contributed by atoms with Crippen molar-refractivity contribution in [3.05, 3.63) is 78.5 Å². The normalized spacial score (nSPS) is 12.4. The van der Waals surface area contributed by atoms with Gasteiger partial charge in [-0.3, -0.25) is 0 Å². The molecule has 0 fully saturated rings. The van der Waals surface area contributed by atoms with Crippen LogP contribution in [0.3, 0.4) is 0 Å². The highest BCUT2D eigenvalue weighted by Crippen LogP contribution is 2.37. The van der Waals surface area contributed by atoms with Crippen molar-refractivity contribution in [1.82, 2.24) is 9.61 Å². The number of benzene rings is 2. The molecule has 0 aliphatic carbocycles. The third-order valence-electron chi connectivity index (χ3n) is 4.48. The number of aromatic nitrogens is 2. The van der Waals surface area contributed by atoms with Crippen LogP contribution in [0.2, 0.25) is 0 Å². The number of nitrogens with zero attached hydrogens (tertiary/aromatic N) is 2. The maximum Gasteiger partial charge on any atom is 0.417 e. The van der Waals surface area contributed by atoms with Crippen molar-refractivity contribution in [1.29, 1.82) is 0 Å². The molecule has 9 heteroatoms. The minimum absolute atomic E-state index is 0.0571. The van der Waals surface area contributed by atoms with Gasteiger partial charge in [-0.15, -0.1) is 0 Å². The van der Waals surface area contributed by atoms with Crippen molar-refractivity contribution >= 4 is 15.5 Å². The summed E-state index contributed by atoms with van der Waals surface area (Å²) >= 11 is 0. The smallest absolute Gasteiger partial charge is 0.239 e. The van der Waals surface area contributed by atoms with Crippen LogP contribution >= 0.6 is 0 Å². The number of rotatable bonds is 3. The highest BCUT2D eigenvalue weighted by Gasteiger charge is 2.31. The van der Waals surface area contributed by atoms with Crippen LogP contribution in [0.5, 0.6) is 0 Å². The third-order valence-corrected chi connectivity index (χ3v) is 5.40. The topological polar surface area (TPSA) is 77.5 Å². The fourth-order valence-corrected chi connectivity index (χ4v) is 3.63. The fraction of sp³-hybridized carbons (Fsp3) is 0.0500. The van der Waals surface area contributed by atoms with E-state index in [1.807, 2.05) is 6.07 Å².